The third-order valence-electron chi connectivity index (χ3n) is 5.48. The number of amides is 1. The maximum atomic E-state index is 13.2. The predicted molar refractivity (Wildman–Crippen MR) is 123 cm³/mol. The molecule has 30 heavy (non-hydrogen) atoms. The Balaban J connectivity index is 2.06. The smallest absolute Gasteiger partial charge is 0.261 e. The summed E-state index contributed by atoms with van der Waals surface area (Å²) in [4.78, 5) is 26.1. The summed E-state index contributed by atoms with van der Waals surface area (Å²) in [6, 6.07) is 17.6. The van der Waals surface area contributed by atoms with Gasteiger partial charge in [0.15, 0.2) is 5.43 Å². The minimum atomic E-state index is -0.335. The van der Waals surface area contributed by atoms with E-state index >= 15 is 0 Å². The zero-order chi connectivity index (χ0) is 21.7. The first-order valence-corrected chi connectivity index (χ1v) is 10.6. The molecule has 2 aromatic carbocycles. The Bertz CT molecular complexity index is 1100. The van der Waals surface area contributed by atoms with Crippen LogP contribution in [0.1, 0.15) is 58.2 Å². The van der Waals surface area contributed by atoms with Crippen LogP contribution in [-0.4, -0.2) is 10.5 Å². The number of hydrogen-bond donors (Lipinski definition) is 1. The fourth-order valence-corrected chi connectivity index (χ4v) is 3.67. The molecule has 4 heteroatoms. The van der Waals surface area contributed by atoms with Crippen LogP contribution < -0.4 is 10.7 Å². The van der Waals surface area contributed by atoms with Crippen molar-refractivity contribution in [3.63, 3.8) is 0 Å². The second kappa shape index (κ2) is 9.57. The van der Waals surface area contributed by atoms with Crippen molar-refractivity contribution in [2.45, 2.75) is 53.5 Å². The van der Waals surface area contributed by atoms with Crippen molar-refractivity contribution in [2.75, 3.05) is 5.32 Å². The van der Waals surface area contributed by atoms with E-state index in [2.05, 4.69) is 48.0 Å². The number of hydrogen-bond acceptors (Lipinski definition) is 2. The molecule has 156 valence electrons. The highest BCUT2D eigenvalue weighted by Gasteiger charge is 2.20. The highest BCUT2D eigenvalue weighted by atomic mass is 16.2. The molecule has 0 aliphatic rings. The maximum absolute atomic E-state index is 13.2. The van der Waals surface area contributed by atoms with Crippen LogP contribution in [0.25, 0.3) is 0 Å². The van der Waals surface area contributed by atoms with Gasteiger partial charge in [0, 0.05) is 29.7 Å². The van der Waals surface area contributed by atoms with Crippen molar-refractivity contribution in [2.24, 2.45) is 0 Å². The van der Waals surface area contributed by atoms with Gasteiger partial charge in [-0.1, -0.05) is 61.4 Å². The summed E-state index contributed by atoms with van der Waals surface area (Å²) in [5.74, 6) is -0.335. The van der Waals surface area contributed by atoms with E-state index < -0.39 is 0 Å². The summed E-state index contributed by atoms with van der Waals surface area (Å²) < 4.78 is 2.12. The average molecular weight is 403 g/mol. The average Bonchev–Trinajstić information content (AvgIpc) is 2.71. The molecule has 0 aliphatic carbocycles. The van der Waals surface area contributed by atoms with Crippen LogP contribution in [0.3, 0.4) is 0 Å². The van der Waals surface area contributed by atoms with Crippen LogP contribution in [0.4, 0.5) is 5.69 Å². The normalized spacial score (nSPS) is 10.8. The largest absolute Gasteiger partial charge is 0.343 e. The molecule has 0 spiro atoms. The Kier molecular flexibility index (Phi) is 6.88. The molecule has 1 aromatic heterocycles. The Morgan fingerprint density at radius 2 is 1.70 bits per heavy atom. The minimum absolute atomic E-state index is 0.218. The zero-order valence-corrected chi connectivity index (χ0v) is 18.3. The van der Waals surface area contributed by atoms with Gasteiger partial charge in [-0.3, -0.25) is 9.59 Å². The van der Waals surface area contributed by atoms with E-state index in [4.69, 9.17) is 0 Å². The van der Waals surface area contributed by atoms with Crippen molar-refractivity contribution in [1.82, 2.24) is 4.57 Å². The van der Waals surface area contributed by atoms with Gasteiger partial charge in [-0.25, -0.2) is 0 Å². The number of pyridine rings is 1. The quantitative estimate of drug-likeness (QED) is 0.574. The van der Waals surface area contributed by atoms with Gasteiger partial charge in [-0.2, -0.15) is 0 Å². The van der Waals surface area contributed by atoms with E-state index in [9.17, 15) is 9.59 Å². The first kappa shape index (κ1) is 21.6. The monoisotopic (exact) mass is 402 g/mol. The van der Waals surface area contributed by atoms with Crippen LogP contribution in [0, 0.1) is 20.8 Å². The molecule has 1 heterocycles. The van der Waals surface area contributed by atoms with Gasteiger partial charge >= 0.3 is 0 Å². The highest BCUT2D eigenvalue weighted by molar-refractivity contribution is 6.05. The van der Waals surface area contributed by atoms with Crippen molar-refractivity contribution in [3.05, 3.63) is 98.5 Å². The van der Waals surface area contributed by atoms with Gasteiger partial charge in [0.2, 0.25) is 0 Å². The molecule has 3 aromatic rings. The number of nitrogens with one attached hydrogen (secondary N) is 1. The molecule has 1 amide bonds. The standard InChI is InChI=1S/C26H30N2O2/c1-5-6-11-23-25(26(30)27-22-10-8-7-9-19(22)3)24(29)16-20(4)28(23)17-21-14-12-18(2)13-15-21/h7-10,12-16H,5-6,11,17H2,1-4H3,(H,27,30). The molecular weight excluding hydrogens is 372 g/mol. The number of aryl methyl sites for hydroxylation is 3. The van der Waals surface area contributed by atoms with Crippen LogP contribution in [0.15, 0.2) is 59.4 Å². The molecule has 0 atom stereocenters. The SMILES string of the molecule is CCCCc1c(C(=O)Nc2ccccc2C)c(=O)cc(C)n1Cc1ccc(C)cc1. The van der Waals surface area contributed by atoms with E-state index in [1.54, 1.807) is 6.07 Å². The molecule has 0 aliphatic heterocycles. The molecule has 0 radical (unpaired) electrons. The Hall–Kier alpha value is -3.14. The molecule has 1 N–H and O–H groups in total. The highest BCUT2D eigenvalue weighted by Crippen LogP contribution is 2.19. The number of rotatable bonds is 7. The van der Waals surface area contributed by atoms with Crippen molar-refractivity contribution in [3.8, 4) is 0 Å². The molecule has 3 rings (SSSR count). The third kappa shape index (κ3) is 4.88. The third-order valence-corrected chi connectivity index (χ3v) is 5.48. The second-order valence-corrected chi connectivity index (χ2v) is 7.92. The van der Waals surface area contributed by atoms with Crippen LogP contribution in [0.2, 0.25) is 0 Å². The summed E-state index contributed by atoms with van der Waals surface area (Å²) in [5.41, 5.74) is 5.78. The lowest BCUT2D eigenvalue weighted by molar-refractivity contribution is 0.102. The maximum Gasteiger partial charge on any atom is 0.261 e. The van der Waals surface area contributed by atoms with Gasteiger partial charge in [0.25, 0.3) is 5.91 Å². The van der Waals surface area contributed by atoms with Crippen molar-refractivity contribution in [1.29, 1.82) is 0 Å². The molecule has 0 bridgehead atoms. The van der Waals surface area contributed by atoms with Crippen LogP contribution in [0.5, 0.6) is 0 Å². The lowest BCUT2D eigenvalue weighted by Gasteiger charge is -2.20. The van der Waals surface area contributed by atoms with Crippen molar-refractivity contribution < 1.29 is 4.79 Å². The molecule has 0 saturated heterocycles. The Morgan fingerprint density at radius 3 is 2.37 bits per heavy atom. The molecule has 0 fully saturated rings. The number of nitrogens with zero attached hydrogens (tertiary/aromatic N) is 1. The summed E-state index contributed by atoms with van der Waals surface area (Å²) in [5, 5.41) is 2.95. The summed E-state index contributed by atoms with van der Waals surface area (Å²) in [6.45, 7) is 8.70. The fourth-order valence-electron chi connectivity index (χ4n) is 3.67. The topological polar surface area (TPSA) is 51.1 Å². The van der Waals surface area contributed by atoms with E-state index in [1.807, 2.05) is 38.1 Å². The fraction of sp³-hybridized carbons (Fsp3) is 0.308. The Morgan fingerprint density at radius 1 is 1.00 bits per heavy atom. The number of carbonyl (C=O) groups is 1. The van der Waals surface area contributed by atoms with Gasteiger partial charge in [-0.15, -0.1) is 0 Å². The number of benzene rings is 2. The number of carbonyl (C=O) groups excluding carboxylic acids is 1. The van der Waals surface area contributed by atoms with E-state index in [1.165, 1.54) is 5.56 Å². The van der Waals surface area contributed by atoms with Crippen LogP contribution in [-0.2, 0) is 13.0 Å². The van der Waals surface area contributed by atoms with Gasteiger partial charge < -0.3 is 9.88 Å². The lowest BCUT2D eigenvalue weighted by atomic mass is 10.0. The Labute approximate surface area is 178 Å². The summed E-state index contributed by atoms with van der Waals surface area (Å²) in [7, 11) is 0. The van der Waals surface area contributed by atoms with E-state index in [0.717, 1.165) is 41.0 Å². The second-order valence-electron chi connectivity index (χ2n) is 7.92. The number of unbranched alkanes of at least 4 members (excludes halogenated alkanes) is 1. The van der Waals surface area contributed by atoms with E-state index in [-0.39, 0.29) is 16.9 Å². The summed E-state index contributed by atoms with van der Waals surface area (Å²) in [6.07, 6.45) is 2.60. The molecule has 4 nitrogen and oxygen atoms in total. The molecule has 0 unspecified atom stereocenters. The first-order valence-electron chi connectivity index (χ1n) is 10.6. The predicted octanol–water partition coefficient (Wildman–Crippen LogP) is 5.42. The van der Waals surface area contributed by atoms with Gasteiger partial charge in [0.05, 0.1) is 0 Å². The number of para-hydroxylation sites is 1. The molecule has 0 saturated carbocycles. The number of anilines is 1. The van der Waals surface area contributed by atoms with E-state index in [0.29, 0.717) is 13.0 Å². The minimum Gasteiger partial charge on any atom is -0.343 e. The molecular formula is C26H30N2O2. The van der Waals surface area contributed by atoms with Gasteiger partial charge in [-0.05, 0) is 50.8 Å². The zero-order valence-electron chi connectivity index (χ0n) is 18.3. The van der Waals surface area contributed by atoms with Gasteiger partial charge in [0.1, 0.15) is 5.56 Å². The van der Waals surface area contributed by atoms with Crippen LogP contribution >= 0.6 is 0 Å². The summed E-state index contributed by atoms with van der Waals surface area (Å²) >= 11 is 0. The number of aromatic nitrogens is 1. The lowest BCUT2D eigenvalue weighted by Crippen LogP contribution is -2.29. The first-order chi connectivity index (χ1) is 14.4. The van der Waals surface area contributed by atoms with Crippen molar-refractivity contribution >= 4 is 11.6 Å².